The van der Waals surface area contributed by atoms with Crippen LogP contribution in [0.3, 0.4) is 0 Å². The van der Waals surface area contributed by atoms with E-state index in [2.05, 4.69) is 5.32 Å². The van der Waals surface area contributed by atoms with Crippen molar-refractivity contribution in [2.75, 3.05) is 18.1 Å². The van der Waals surface area contributed by atoms with Crippen LogP contribution in [0.1, 0.15) is 19.3 Å². The van der Waals surface area contributed by atoms with Gasteiger partial charge in [0.2, 0.25) is 15.9 Å². The lowest BCUT2D eigenvalue weighted by Crippen LogP contribution is -2.49. The van der Waals surface area contributed by atoms with Crippen LogP contribution in [-0.4, -0.2) is 57.2 Å². The van der Waals surface area contributed by atoms with E-state index in [1.807, 2.05) is 0 Å². The third kappa shape index (κ3) is 3.47. The maximum absolute atomic E-state index is 12.7. The highest BCUT2D eigenvalue weighted by Crippen LogP contribution is 2.26. The van der Waals surface area contributed by atoms with Gasteiger partial charge in [-0.1, -0.05) is 18.2 Å². The van der Waals surface area contributed by atoms with Gasteiger partial charge in [0.05, 0.1) is 16.4 Å². The summed E-state index contributed by atoms with van der Waals surface area (Å²) in [4.78, 5) is 12.6. The number of hydrogen-bond acceptors (Lipinski definition) is 5. The van der Waals surface area contributed by atoms with E-state index in [4.69, 9.17) is 0 Å². The van der Waals surface area contributed by atoms with E-state index in [0.717, 1.165) is 0 Å². The van der Waals surface area contributed by atoms with Crippen LogP contribution < -0.4 is 5.32 Å². The van der Waals surface area contributed by atoms with Gasteiger partial charge >= 0.3 is 0 Å². The number of amides is 1. The fourth-order valence-corrected chi connectivity index (χ4v) is 6.57. The number of benzene rings is 1. The summed E-state index contributed by atoms with van der Waals surface area (Å²) in [5, 5.41) is 2.71. The Balaban J connectivity index is 1.75. The highest BCUT2D eigenvalue weighted by atomic mass is 32.2. The minimum absolute atomic E-state index is 0.0641. The van der Waals surface area contributed by atoms with Crippen molar-refractivity contribution >= 4 is 25.8 Å². The van der Waals surface area contributed by atoms with Crippen LogP contribution in [-0.2, 0) is 24.7 Å². The van der Waals surface area contributed by atoms with Crippen LogP contribution in [0, 0.1) is 0 Å². The molecule has 3 rings (SSSR count). The van der Waals surface area contributed by atoms with Gasteiger partial charge in [-0.05, 0) is 31.4 Å². The Kier molecular flexibility index (Phi) is 4.67. The lowest BCUT2D eigenvalue weighted by atomic mass is 10.2. The Morgan fingerprint density at radius 3 is 2.50 bits per heavy atom. The summed E-state index contributed by atoms with van der Waals surface area (Å²) in [7, 11) is -6.83. The van der Waals surface area contributed by atoms with Gasteiger partial charge < -0.3 is 5.32 Å². The van der Waals surface area contributed by atoms with Crippen LogP contribution in [0.25, 0.3) is 0 Å². The lowest BCUT2D eigenvalue weighted by molar-refractivity contribution is -0.124. The third-order valence-electron chi connectivity index (χ3n) is 4.43. The van der Waals surface area contributed by atoms with Crippen molar-refractivity contribution < 1.29 is 21.6 Å². The Bertz CT molecular complexity index is 821. The summed E-state index contributed by atoms with van der Waals surface area (Å²) >= 11 is 0. The zero-order valence-corrected chi connectivity index (χ0v) is 14.7. The molecule has 2 saturated heterocycles. The second kappa shape index (κ2) is 6.45. The molecule has 132 valence electrons. The molecule has 0 unspecified atom stereocenters. The van der Waals surface area contributed by atoms with E-state index in [-0.39, 0.29) is 22.9 Å². The zero-order chi connectivity index (χ0) is 17.4. The molecular weight excluding hydrogens is 352 g/mol. The summed E-state index contributed by atoms with van der Waals surface area (Å²) in [6.45, 7) is 0.290. The molecule has 0 radical (unpaired) electrons. The van der Waals surface area contributed by atoms with Gasteiger partial charge in [-0.2, -0.15) is 4.31 Å². The molecule has 2 fully saturated rings. The molecule has 7 nitrogen and oxygen atoms in total. The molecule has 2 atom stereocenters. The van der Waals surface area contributed by atoms with Crippen molar-refractivity contribution in [3.05, 3.63) is 30.3 Å². The number of nitrogens with one attached hydrogen (secondary N) is 1. The largest absolute Gasteiger partial charge is 0.351 e. The average Bonchev–Trinajstić information content (AvgIpc) is 3.15. The molecule has 9 heteroatoms. The summed E-state index contributed by atoms with van der Waals surface area (Å²) in [5.41, 5.74) is 0. The zero-order valence-electron chi connectivity index (χ0n) is 13.1. The second-order valence-electron chi connectivity index (χ2n) is 6.20. The van der Waals surface area contributed by atoms with Crippen molar-refractivity contribution in [3.63, 3.8) is 0 Å². The topological polar surface area (TPSA) is 101 Å². The molecule has 1 aromatic rings. The standard InChI is InChI=1S/C15H20N2O5S2/c18-15(16-12-8-10-23(19,20)11-12)14-7-4-9-17(14)24(21,22)13-5-2-1-3-6-13/h1-3,5-6,12,14H,4,7-11H2,(H,16,18)/t12-,14+/m1/s1. The first-order chi connectivity index (χ1) is 11.3. The van der Waals surface area contributed by atoms with Crippen molar-refractivity contribution in [2.24, 2.45) is 0 Å². The summed E-state index contributed by atoms with van der Waals surface area (Å²) in [6.07, 6.45) is 1.43. The number of sulfone groups is 1. The highest BCUT2D eigenvalue weighted by Gasteiger charge is 2.40. The molecule has 0 aliphatic carbocycles. The SMILES string of the molecule is O=C(N[C@@H]1CCS(=O)(=O)C1)[C@@H]1CCCN1S(=O)(=O)c1ccccc1. The van der Waals surface area contributed by atoms with Crippen LogP contribution in [0.15, 0.2) is 35.2 Å². The number of carbonyl (C=O) groups is 1. The molecule has 0 saturated carbocycles. The molecule has 2 aliphatic heterocycles. The maximum Gasteiger partial charge on any atom is 0.243 e. The van der Waals surface area contributed by atoms with Crippen molar-refractivity contribution in [1.29, 1.82) is 0 Å². The monoisotopic (exact) mass is 372 g/mol. The van der Waals surface area contributed by atoms with E-state index in [1.165, 1.54) is 16.4 Å². The fourth-order valence-electron chi connectivity index (χ4n) is 3.22. The Hall–Kier alpha value is -1.45. The minimum atomic E-state index is -3.74. The van der Waals surface area contributed by atoms with Gasteiger partial charge in [0.25, 0.3) is 0 Å². The lowest BCUT2D eigenvalue weighted by Gasteiger charge is -2.24. The van der Waals surface area contributed by atoms with Crippen LogP contribution >= 0.6 is 0 Å². The van der Waals surface area contributed by atoms with E-state index in [9.17, 15) is 21.6 Å². The van der Waals surface area contributed by atoms with Gasteiger partial charge in [-0.15, -0.1) is 0 Å². The number of hydrogen-bond donors (Lipinski definition) is 1. The quantitative estimate of drug-likeness (QED) is 0.810. The first kappa shape index (κ1) is 17.4. The molecule has 24 heavy (non-hydrogen) atoms. The predicted octanol–water partition coefficient (Wildman–Crippen LogP) is 0.143. The Morgan fingerprint density at radius 2 is 1.88 bits per heavy atom. The highest BCUT2D eigenvalue weighted by molar-refractivity contribution is 7.91. The van der Waals surface area contributed by atoms with E-state index >= 15 is 0 Å². The van der Waals surface area contributed by atoms with Gasteiger partial charge in [-0.3, -0.25) is 4.79 Å². The van der Waals surface area contributed by atoms with Gasteiger partial charge in [-0.25, -0.2) is 16.8 Å². The Labute approximate surface area is 142 Å². The smallest absolute Gasteiger partial charge is 0.243 e. The number of sulfonamides is 1. The summed E-state index contributed by atoms with van der Waals surface area (Å²) in [5.74, 6) is -0.417. The predicted molar refractivity (Wildman–Crippen MR) is 88.6 cm³/mol. The maximum atomic E-state index is 12.7. The normalized spacial score (nSPS) is 27.2. The molecule has 0 bridgehead atoms. The van der Waals surface area contributed by atoms with Gasteiger partial charge in [0.15, 0.2) is 9.84 Å². The van der Waals surface area contributed by atoms with Crippen LogP contribution in [0.2, 0.25) is 0 Å². The molecule has 1 amide bonds. The first-order valence-corrected chi connectivity index (χ1v) is 11.1. The molecular formula is C15H20N2O5S2. The van der Waals surface area contributed by atoms with Crippen molar-refractivity contribution in [2.45, 2.75) is 36.2 Å². The van der Waals surface area contributed by atoms with E-state index in [0.29, 0.717) is 19.3 Å². The summed E-state index contributed by atoms with van der Waals surface area (Å²) < 4.78 is 49.7. The molecule has 0 spiro atoms. The van der Waals surface area contributed by atoms with Gasteiger partial charge in [0, 0.05) is 12.6 Å². The fraction of sp³-hybridized carbons (Fsp3) is 0.533. The average molecular weight is 372 g/mol. The van der Waals surface area contributed by atoms with E-state index in [1.54, 1.807) is 18.2 Å². The molecule has 2 heterocycles. The van der Waals surface area contributed by atoms with Crippen LogP contribution in [0.4, 0.5) is 0 Å². The number of nitrogens with zero attached hydrogens (tertiary/aromatic N) is 1. The number of rotatable bonds is 4. The second-order valence-corrected chi connectivity index (χ2v) is 10.3. The summed E-state index contributed by atoms with van der Waals surface area (Å²) in [6, 6.07) is 6.82. The third-order valence-corrected chi connectivity index (χ3v) is 8.13. The van der Waals surface area contributed by atoms with E-state index < -0.39 is 37.9 Å². The molecule has 1 N–H and O–H groups in total. The Morgan fingerprint density at radius 1 is 1.17 bits per heavy atom. The minimum Gasteiger partial charge on any atom is -0.351 e. The van der Waals surface area contributed by atoms with Crippen LogP contribution in [0.5, 0.6) is 0 Å². The number of carbonyl (C=O) groups excluding carboxylic acids is 1. The van der Waals surface area contributed by atoms with Crippen molar-refractivity contribution in [3.8, 4) is 0 Å². The van der Waals surface area contributed by atoms with Crippen molar-refractivity contribution in [1.82, 2.24) is 9.62 Å². The molecule has 1 aromatic carbocycles. The molecule has 2 aliphatic rings. The van der Waals surface area contributed by atoms with Gasteiger partial charge in [0.1, 0.15) is 6.04 Å². The first-order valence-electron chi connectivity index (χ1n) is 7.87. The molecule has 0 aromatic heterocycles.